The summed E-state index contributed by atoms with van der Waals surface area (Å²) in [6.07, 6.45) is 8.94. The molecule has 0 bridgehead atoms. The van der Waals surface area contributed by atoms with E-state index in [2.05, 4.69) is 10.1 Å². The standard InChI is InChI=1S/C13H25N3O2/c14-13(15-17)10-16(11-4-1-2-5-11)8-7-12-6-3-9-18-12/h11-12,17H,1-10H2,(H2,14,15). The summed E-state index contributed by atoms with van der Waals surface area (Å²) in [5, 5.41) is 11.8. The van der Waals surface area contributed by atoms with Crippen LogP contribution in [0.25, 0.3) is 0 Å². The highest BCUT2D eigenvalue weighted by atomic mass is 16.5. The van der Waals surface area contributed by atoms with Gasteiger partial charge in [0.2, 0.25) is 0 Å². The average molecular weight is 255 g/mol. The first-order chi connectivity index (χ1) is 8.79. The maximum Gasteiger partial charge on any atom is 0.153 e. The van der Waals surface area contributed by atoms with Gasteiger partial charge in [0.25, 0.3) is 0 Å². The predicted molar refractivity (Wildman–Crippen MR) is 70.8 cm³/mol. The lowest BCUT2D eigenvalue weighted by Crippen LogP contribution is -2.41. The zero-order chi connectivity index (χ0) is 12.8. The van der Waals surface area contributed by atoms with Gasteiger partial charge >= 0.3 is 0 Å². The summed E-state index contributed by atoms with van der Waals surface area (Å²) >= 11 is 0. The van der Waals surface area contributed by atoms with E-state index in [0.29, 0.717) is 24.5 Å². The van der Waals surface area contributed by atoms with E-state index < -0.39 is 0 Å². The van der Waals surface area contributed by atoms with Crippen molar-refractivity contribution in [3.63, 3.8) is 0 Å². The molecule has 1 aliphatic carbocycles. The van der Waals surface area contributed by atoms with Crippen molar-refractivity contribution in [2.45, 2.75) is 57.1 Å². The SMILES string of the molecule is N/C(CN(CCC1CCCO1)C1CCCC1)=N\O. The van der Waals surface area contributed by atoms with Gasteiger partial charge in [0, 0.05) is 19.2 Å². The molecule has 0 radical (unpaired) electrons. The van der Waals surface area contributed by atoms with E-state index in [1.165, 1.54) is 38.5 Å². The van der Waals surface area contributed by atoms with E-state index in [4.69, 9.17) is 15.7 Å². The molecule has 1 atom stereocenters. The minimum absolute atomic E-state index is 0.314. The van der Waals surface area contributed by atoms with E-state index in [9.17, 15) is 0 Å². The second-order valence-electron chi connectivity index (χ2n) is 5.42. The summed E-state index contributed by atoms with van der Waals surface area (Å²) in [5.41, 5.74) is 5.65. The van der Waals surface area contributed by atoms with Crippen molar-refractivity contribution in [1.82, 2.24) is 4.90 Å². The molecule has 0 aromatic rings. The van der Waals surface area contributed by atoms with Gasteiger partial charge in [0.1, 0.15) is 0 Å². The molecule has 18 heavy (non-hydrogen) atoms. The van der Waals surface area contributed by atoms with Gasteiger partial charge in [-0.3, -0.25) is 4.90 Å². The second kappa shape index (κ2) is 6.95. The van der Waals surface area contributed by atoms with Crippen LogP contribution in [0.5, 0.6) is 0 Å². The quantitative estimate of drug-likeness (QED) is 0.327. The number of nitrogens with two attached hydrogens (primary N) is 1. The zero-order valence-corrected chi connectivity index (χ0v) is 11.1. The van der Waals surface area contributed by atoms with Crippen molar-refractivity contribution in [2.24, 2.45) is 10.9 Å². The molecule has 3 N–H and O–H groups in total. The van der Waals surface area contributed by atoms with E-state index in [1.54, 1.807) is 0 Å². The topological polar surface area (TPSA) is 71.1 Å². The third kappa shape index (κ3) is 3.85. The van der Waals surface area contributed by atoms with Crippen molar-refractivity contribution in [3.05, 3.63) is 0 Å². The van der Waals surface area contributed by atoms with E-state index in [0.717, 1.165) is 19.6 Å². The maximum atomic E-state index is 8.72. The monoisotopic (exact) mass is 255 g/mol. The van der Waals surface area contributed by atoms with Crippen LogP contribution in [-0.4, -0.2) is 47.8 Å². The molecule has 2 fully saturated rings. The molecule has 2 aliphatic rings. The summed E-state index contributed by atoms with van der Waals surface area (Å²) in [4.78, 5) is 2.36. The van der Waals surface area contributed by atoms with Gasteiger partial charge in [-0.25, -0.2) is 0 Å². The number of nitrogens with zero attached hydrogens (tertiary/aromatic N) is 2. The van der Waals surface area contributed by atoms with Gasteiger partial charge < -0.3 is 15.7 Å². The lowest BCUT2D eigenvalue weighted by atomic mass is 10.1. The molecule has 1 unspecified atom stereocenters. The highest BCUT2D eigenvalue weighted by Gasteiger charge is 2.25. The molecule has 1 aliphatic heterocycles. The Balaban J connectivity index is 1.82. The molecular formula is C13H25N3O2. The number of hydrogen-bond donors (Lipinski definition) is 2. The van der Waals surface area contributed by atoms with Crippen molar-refractivity contribution in [1.29, 1.82) is 0 Å². The van der Waals surface area contributed by atoms with E-state index in [1.807, 2.05) is 0 Å². The van der Waals surface area contributed by atoms with Crippen molar-refractivity contribution >= 4 is 5.84 Å². The van der Waals surface area contributed by atoms with Crippen molar-refractivity contribution in [2.75, 3.05) is 19.7 Å². The summed E-state index contributed by atoms with van der Waals surface area (Å²) in [6, 6.07) is 0.603. The van der Waals surface area contributed by atoms with Crippen LogP contribution in [0.4, 0.5) is 0 Å². The summed E-state index contributed by atoms with van der Waals surface area (Å²) in [7, 11) is 0. The smallest absolute Gasteiger partial charge is 0.153 e. The van der Waals surface area contributed by atoms with Crippen LogP contribution < -0.4 is 5.73 Å². The van der Waals surface area contributed by atoms with Crippen molar-refractivity contribution in [3.8, 4) is 0 Å². The molecule has 1 saturated carbocycles. The van der Waals surface area contributed by atoms with Crippen LogP contribution in [0.2, 0.25) is 0 Å². The Hall–Kier alpha value is -0.810. The fraction of sp³-hybridized carbons (Fsp3) is 0.923. The number of ether oxygens (including phenoxy) is 1. The molecular weight excluding hydrogens is 230 g/mol. The van der Waals surface area contributed by atoms with Crippen LogP contribution in [-0.2, 0) is 4.74 Å². The Labute approximate surface area is 109 Å². The molecule has 5 nitrogen and oxygen atoms in total. The Morgan fingerprint density at radius 2 is 2.06 bits per heavy atom. The highest BCUT2D eigenvalue weighted by molar-refractivity contribution is 5.81. The normalized spacial score (nSPS) is 26.3. The van der Waals surface area contributed by atoms with Crippen LogP contribution >= 0.6 is 0 Å². The fourth-order valence-electron chi connectivity index (χ4n) is 3.08. The molecule has 0 aromatic carbocycles. The van der Waals surface area contributed by atoms with E-state index >= 15 is 0 Å². The minimum atomic E-state index is 0.314. The number of amidine groups is 1. The van der Waals surface area contributed by atoms with Crippen molar-refractivity contribution < 1.29 is 9.94 Å². The molecule has 104 valence electrons. The third-order valence-corrected chi connectivity index (χ3v) is 4.10. The van der Waals surface area contributed by atoms with Crippen LogP contribution in [0, 0.1) is 0 Å². The molecule has 1 heterocycles. The first-order valence-electron chi connectivity index (χ1n) is 7.11. The number of hydrogen-bond acceptors (Lipinski definition) is 4. The fourth-order valence-corrected chi connectivity index (χ4v) is 3.08. The Kier molecular flexibility index (Phi) is 5.26. The van der Waals surface area contributed by atoms with Crippen LogP contribution in [0.1, 0.15) is 44.9 Å². The Morgan fingerprint density at radius 3 is 2.67 bits per heavy atom. The second-order valence-corrected chi connectivity index (χ2v) is 5.42. The maximum absolute atomic E-state index is 8.72. The Morgan fingerprint density at radius 1 is 1.28 bits per heavy atom. The van der Waals surface area contributed by atoms with Crippen LogP contribution in [0.15, 0.2) is 5.16 Å². The summed E-state index contributed by atoms with van der Waals surface area (Å²) < 4.78 is 5.66. The molecule has 1 saturated heterocycles. The van der Waals surface area contributed by atoms with Gasteiger partial charge in [-0.1, -0.05) is 18.0 Å². The lowest BCUT2D eigenvalue weighted by Gasteiger charge is -2.29. The molecule has 5 heteroatoms. The average Bonchev–Trinajstić information content (AvgIpc) is 3.06. The molecule has 2 rings (SSSR count). The van der Waals surface area contributed by atoms with Gasteiger partial charge in [0.05, 0.1) is 12.6 Å². The summed E-state index contributed by atoms with van der Waals surface area (Å²) in [6.45, 7) is 2.48. The van der Waals surface area contributed by atoms with Gasteiger partial charge in [-0.2, -0.15) is 0 Å². The minimum Gasteiger partial charge on any atom is -0.409 e. The number of oxime groups is 1. The molecule has 0 spiro atoms. The molecule has 0 amide bonds. The predicted octanol–water partition coefficient (Wildman–Crippen LogP) is 1.55. The zero-order valence-electron chi connectivity index (χ0n) is 11.1. The largest absolute Gasteiger partial charge is 0.409 e. The van der Waals surface area contributed by atoms with E-state index in [-0.39, 0.29) is 0 Å². The first kappa shape index (κ1) is 13.6. The van der Waals surface area contributed by atoms with Crippen LogP contribution in [0.3, 0.4) is 0 Å². The highest BCUT2D eigenvalue weighted by Crippen LogP contribution is 2.24. The third-order valence-electron chi connectivity index (χ3n) is 4.10. The van der Waals surface area contributed by atoms with Gasteiger partial charge in [-0.05, 0) is 32.1 Å². The Bertz CT molecular complexity index is 271. The van der Waals surface area contributed by atoms with Gasteiger partial charge in [-0.15, -0.1) is 0 Å². The van der Waals surface area contributed by atoms with Gasteiger partial charge in [0.15, 0.2) is 5.84 Å². The molecule has 0 aromatic heterocycles. The first-order valence-corrected chi connectivity index (χ1v) is 7.11. The summed E-state index contributed by atoms with van der Waals surface area (Å²) in [5.74, 6) is 0.314. The lowest BCUT2D eigenvalue weighted by molar-refractivity contribution is 0.0877. The number of rotatable bonds is 6.